The van der Waals surface area contributed by atoms with E-state index in [4.69, 9.17) is 0 Å². The van der Waals surface area contributed by atoms with Gasteiger partial charge in [0.25, 0.3) is 5.56 Å². The lowest BCUT2D eigenvalue weighted by Gasteiger charge is -2.19. The van der Waals surface area contributed by atoms with E-state index in [0.29, 0.717) is 16.6 Å². The summed E-state index contributed by atoms with van der Waals surface area (Å²) in [5.74, 6) is -0.339. The molecule has 0 atom stereocenters. The molecule has 0 unspecified atom stereocenters. The van der Waals surface area contributed by atoms with Gasteiger partial charge in [0.2, 0.25) is 5.91 Å². The molecule has 27 heavy (non-hydrogen) atoms. The van der Waals surface area contributed by atoms with Crippen molar-refractivity contribution in [2.45, 2.75) is 19.3 Å². The molecule has 0 radical (unpaired) electrons. The Morgan fingerprint density at radius 1 is 1.11 bits per heavy atom. The summed E-state index contributed by atoms with van der Waals surface area (Å²) in [6.45, 7) is -0.0479. The maximum Gasteiger partial charge on any atom is 0.416 e. The number of hydrogen-bond donors (Lipinski definition) is 0. The molecule has 5 nitrogen and oxygen atoms in total. The predicted molar refractivity (Wildman–Crippen MR) is 93.9 cm³/mol. The van der Waals surface area contributed by atoms with Crippen molar-refractivity contribution in [1.29, 1.82) is 0 Å². The summed E-state index contributed by atoms with van der Waals surface area (Å²) in [5, 5.41) is 0. The van der Waals surface area contributed by atoms with Gasteiger partial charge >= 0.3 is 6.18 Å². The molecule has 1 heterocycles. The van der Waals surface area contributed by atoms with Crippen LogP contribution >= 0.6 is 0 Å². The summed E-state index contributed by atoms with van der Waals surface area (Å²) in [7, 11) is 1.54. The zero-order valence-corrected chi connectivity index (χ0v) is 14.4. The monoisotopic (exact) mass is 375 g/mol. The first kappa shape index (κ1) is 18.6. The first-order chi connectivity index (χ1) is 12.8. The Labute approximate surface area is 152 Å². The Kier molecular flexibility index (Phi) is 4.98. The van der Waals surface area contributed by atoms with Crippen LogP contribution in [0.15, 0.2) is 59.5 Å². The molecule has 3 aromatic rings. The molecule has 0 aliphatic rings. The smallest absolute Gasteiger partial charge is 0.340 e. The van der Waals surface area contributed by atoms with Crippen LogP contribution in [0.3, 0.4) is 0 Å². The van der Waals surface area contributed by atoms with Crippen molar-refractivity contribution in [3.63, 3.8) is 0 Å². The van der Waals surface area contributed by atoms with Crippen LogP contribution in [-0.2, 0) is 24.1 Å². The highest BCUT2D eigenvalue weighted by atomic mass is 19.4. The van der Waals surface area contributed by atoms with Gasteiger partial charge in [-0.1, -0.05) is 24.3 Å². The second-order valence-corrected chi connectivity index (χ2v) is 6.12. The normalized spacial score (nSPS) is 11.6. The first-order valence-corrected chi connectivity index (χ1v) is 8.10. The molecule has 3 rings (SSSR count). The van der Waals surface area contributed by atoms with Crippen molar-refractivity contribution in [3.8, 4) is 0 Å². The molecule has 1 aromatic heterocycles. The molecule has 1 amide bonds. The van der Waals surface area contributed by atoms with Crippen LogP contribution in [-0.4, -0.2) is 27.4 Å². The molecule has 8 heteroatoms. The summed E-state index contributed by atoms with van der Waals surface area (Å²) >= 11 is 0. The molecule has 0 aliphatic heterocycles. The number of fused-ring (bicyclic) bond motifs is 1. The summed E-state index contributed by atoms with van der Waals surface area (Å²) in [6, 6.07) is 11.6. The van der Waals surface area contributed by atoms with Crippen molar-refractivity contribution >= 4 is 16.9 Å². The van der Waals surface area contributed by atoms with E-state index < -0.39 is 17.3 Å². The largest absolute Gasteiger partial charge is 0.416 e. The molecule has 0 aliphatic carbocycles. The fraction of sp³-hybridized carbons (Fsp3) is 0.211. The van der Waals surface area contributed by atoms with Crippen LogP contribution in [0.4, 0.5) is 13.2 Å². The lowest BCUT2D eigenvalue weighted by atomic mass is 10.1. The predicted octanol–water partition coefficient (Wildman–Crippen LogP) is 3.07. The number of carbonyl (C=O) groups is 1. The van der Waals surface area contributed by atoms with E-state index in [0.717, 1.165) is 18.3 Å². The number of nitrogens with zero attached hydrogens (tertiary/aromatic N) is 3. The van der Waals surface area contributed by atoms with Crippen molar-refractivity contribution in [1.82, 2.24) is 14.5 Å². The van der Waals surface area contributed by atoms with E-state index in [-0.39, 0.29) is 19.0 Å². The summed E-state index contributed by atoms with van der Waals surface area (Å²) in [4.78, 5) is 30.0. The summed E-state index contributed by atoms with van der Waals surface area (Å²) in [6.07, 6.45) is -3.24. The van der Waals surface area contributed by atoms with Crippen LogP contribution in [0, 0.1) is 0 Å². The number of hydrogen-bond acceptors (Lipinski definition) is 3. The Morgan fingerprint density at radius 3 is 2.44 bits per heavy atom. The SMILES string of the molecule is CN(Cc1ccc(C(F)(F)F)cc1)C(=O)Cn1c(=O)cnc2ccccc21. The van der Waals surface area contributed by atoms with E-state index in [2.05, 4.69) is 4.98 Å². The average Bonchev–Trinajstić information content (AvgIpc) is 2.63. The second-order valence-electron chi connectivity index (χ2n) is 6.12. The number of halogens is 3. The van der Waals surface area contributed by atoms with E-state index >= 15 is 0 Å². The Bertz CT molecular complexity index is 1030. The van der Waals surface area contributed by atoms with Gasteiger partial charge in [0.05, 0.1) is 22.8 Å². The van der Waals surface area contributed by atoms with Crippen molar-refractivity contribution in [3.05, 3.63) is 76.2 Å². The molecule has 0 spiro atoms. The highest BCUT2D eigenvalue weighted by Gasteiger charge is 2.30. The van der Waals surface area contributed by atoms with Crippen LogP contribution in [0.5, 0.6) is 0 Å². The van der Waals surface area contributed by atoms with Gasteiger partial charge in [0.15, 0.2) is 0 Å². The maximum absolute atomic E-state index is 12.6. The van der Waals surface area contributed by atoms with E-state index in [1.54, 1.807) is 24.3 Å². The third-order valence-corrected chi connectivity index (χ3v) is 4.17. The highest BCUT2D eigenvalue weighted by molar-refractivity contribution is 5.79. The zero-order valence-electron chi connectivity index (χ0n) is 14.4. The topological polar surface area (TPSA) is 55.2 Å². The second kappa shape index (κ2) is 7.22. The molecular weight excluding hydrogens is 359 g/mol. The van der Waals surface area contributed by atoms with Gasteiger partial charge in [-0.3, -0.25) is 14.2 Å². The maximum atomic E-state index is 12.6. The van der Waals surface area contributed by atoms with Crippen LogP contribution in [0.2, 0.25) is 0 Å². The number of para-hydroxylation sites is 2. The summed E-state index contributed by atoms with van der Waals surface area (Å²) < 4.78 is 39.2. The Morgan fingerprint density at radius 2 is 1.78 bits per heavy atom. The molecule has 0 bridgehead atoms. The van der Waals surface area contributed by atoms with E-state index in [9.17, 15) is 22.8 Å². The summed E-state index contributed by atoms with van der Waals surface area (Å²) in [5.41, 5.74) is 0.558. The Balaban J connectivity index is 1.75. The van der Waals surface area contributed by atoms with E-state index in [1.165, 1.54) is 28.6 Å². The van der Waals surface area contributed by atoms with Crippen LogP contribution in [0.1, 0.15) is 11.1 Å². The lowest BCUT2D eigenvalue weighted by molar-refractivity contribution is -0.137. The fourth-order valence-electron chi connectivity index (χ4n) is 2.69. The minimum absolute atomic E-state index is 0.134. The van der Waals surface area contributed by atoms with Crippen LogP contribution in [0.25, 0.3) is 11.0 Å². The number of likely N-dealkylation sites (N-methyl/N-ethyl adjacent to an activating group) is 1. The molecular formula is C19H16F3N3O2. The molecule has 0 fully saturated rings. The fourth-order valence-corrected chi connectivity index (χ4v) is 2.69. The quantitative estimate of drug-likeness (QED) is 0.704. The standard InChI is InChI=1S/C19H16F3N3O2/c1-24(11-13-6-8-14(9-7-13)19(20,21)22)18(27)12-25-16-5-3-2-4-15(16)23-10-17(25)26/h2-10H,11-12H2,1H3. The number of benzene rings is 2. The van der Waals surface area contributed by atoms with Gasteiger partial charge in [-0.2, -0.15) is 13.2 Å². The first-order valence-electron chi connectivity index (χ1n) is 8.10. The lowest BCUT2D eigenvalue weighted by Crippen LogP contribution is -2.33. The minimum atomic E-state index is -4.40. The van der Waals surface area contributed by atoms with Gasteiger partial charge in [0, 0.05) is 13.6 Å². The Hall–Kier alpha value is -3.16. The van der Waals surface area contributed by atoms with Gasteiger partial charge in [-0.15, -0.1) is 0 Å². The van der Waals surface area contributed by atoms with Crippen LogP contribution < -0.4 is 5.56 Å². The average molecular weight is 375 g/mol. The van der Waals surface area contributed by atoms with E-state index in [1.807, 2.05) is 0 Å². The van der Waals surface area contributed by atoms with Crippen molar-refractivity contribution in [2.24, 2.45) is 0 Å². The van der Waals surface area contributed by atoms with Gasteiger partial charge in [0.1, 0.15) is 6.54 Å². The third-order valence-electron chi connectivity index (χ3n) is 4.17. The zero-order chi connectivity index (χ0) is 19.6. The molecule has 0 N–H and O–H groups in total. The molecule has 0 saturated carbocycles. The number of alkyl halides is 3. The number of aromatic nitrogens is 2. The molecule has 140 valence electrons. The third kappa shape index (κ3) is 4.16. The van der Waals surface area contributed by atoms with Gasteiger partial charge in [-0.25, -0.2) is 4.98 Å². The molecule has 0 saturated heterocycles. The number of carbonyl (C=O) groups excluding carboxylic acids is 1. The highest BCUT2D eigenvalue weighted by Crippen LogP contribution is 2.29. The minimum Gasteiger partial charge on any atom is -0.340 e. The molecule has 2 aromatic carbocycles. The number of amides is 1. The van der Waals surface area contributed by atoms with Gasteiger partial charge < -0.3 is 4.90 Å². The van der Waals surface area contributed by atoms with Crippen molar-refractivity contribution < 1.29 is 18.0 Å². The van der Waals surface area contributed by atoms with Gasteiger partial charge in [-0.05, 0) is 29.8 Å². The number of rotatable bonds is 4. The van der Waals surface area contributed by atoms with Crippen molar-refractivity contribution in [2.75, 3.05) is 7.05 Å².